The summed E-state index contributed by atoms with van der Waals surface area (Å²) in [5, 5.41) is 4.09. The molecular formula is C14H23N3O2S. The molecule has 0 aliphatic heterocycles. The Balaban J connectivity index is 2.83. The zero-order valence-corrected chi connectivity index (χ0v) is 13.6. The monoisotopic (exact) mass is 297 g/mol. The van der Waals surface area contributed by atoms with Gasteiger partial charge in [-0.25, -0.2) is 9.97 Å². The van der Waals surface area contributed by atoms with Crippen LogP contribution in [0.25, 0.3) is 0 Å². The van der Waals surface area contributed by atoms with Crippen molar-refractivity contribution < 1.29 is 9.53 Å². The number of nitrogens with zero attached hydrogens (tertiary/aromatic N) is 2. The Bertz CT molecular complexity index is 458. The van der Waals surface area contributed by atoms with Gasteiger partial charge < -0.3 is 10.1 Å². The minimum absolute atomic E-state index is 0.108. The summed E-state index contributed by atoms with van der Waals surface area (Å²) in [6, 6.07) is 1.92. The molecule has 0 aliphatic rings. The van der Waals surface area contributed by atoms with Gasteiger partial charge >= 0.3 is 5.97 Å². The number of methoxy groups -OCH3 is 1. The summed E-state index contributed by atoms with van der Waals surface area (Å²) < 4.78 is 4.63. The van der Waals surface area contributed by atoms with Crippen molar-refractivity contribution in [2.45, 2.75) is 44.6 Å². The molecule has 0 amide bonds. The predicted octanol–water partition coefficient (Wildman–Crippen LogP) is 2.86. The van der Waals surface area contributed by atoms with Crippen LogP contribution in [0.1, 0.15) is 39.9 Å². The fraction of sp³-hybridized carbons (Fsp3) is 0.643. The molecular weight excluding hydrogens is 274 g/mol. The van der Waals surface area contributed by atoms with Gasteiger partial charge in [-0.05, 0) is 6.92 Å². The largest absolute Gasteiger partial charge is 0.469 e. The van der Waals surface area contributed by atoms with E-state index in [1.807, 2.05) is 13.0 Å². The van der Waals surface area contributed by atoms with E-state index in [4.69, 9.17) is 0 Å². The lowest BCUT2D eigenvalue weighted by Gasteiger charge is -2.18. The van der Waals surface area contributed by atoms with E-state index >= 15 is 0 Å². The number of carbonyl (C=O) groups is 1. The second-order valence-corrected chi connectivity index (χ2v) is 6.49. The van der Waals surface area contributed by atoms with Gasteiger partial charge in [0.25, 0.3) is 0 Å². The molecule has 0 aromatic carbocycles. The highest BCUT2D eigenvalue weighted by Crippen LogP contribution is 2.25. The molecule has 112 valence electrons. The molecule has 5 nitrogen and oxygen atoms in total. The minimum Gasteiger partial charge on any atom is -0.469 e. The summed E-state index contributed by atoms with van der Waals surface area (Å²) in [4.78, 5) is 20.2. The molecule has 0 spiro atoms. The molecule has 0 aliphatic carbocycles. The second-order valence-electron chi connectivity index (χ2n) is 5.37. The molecule has 0 saturated heterocycles. The van der Waals surface area contributed by atoms with Crippen molar-refractivity contribution >= 4 is 23.5 Å². The number of rotatable bonds is 6. The third kappa shape index (κ3) is 5.36. The van der Waals surface area contributed by atoms with Crippen molar-refractivity contribution in [3.05, 3.63) is 11.9 Å². The first-order chi connectivity index (χ1) is 9.36. The molecule has 0 saturated carbocycles. The Labute approximate surface area is 124 Å². The van der Waals surface area contributed by atoms with E-state index in [1.54, 1.807) is 11.8 Å². The van der Waals surface area contributed by atoms with Crippen LogP contribution in [0.15, 0.2) is 11.1 Å². The number of esters is 1. The Morgan fingerprint density at radius 1 is 1.40 bits per heavy atom. The van der Waals surface area contributed by atoms with Gasteiger partial charge in [0.2, 0.25) is 0 Å². The van der Waals surface area contributed by atoms with Gasteiger partial charge in [0.15, 0.2) is 0 Å². The average molecular weight is 297 g/mol. The van der Waals surface area contributed by atoms with Crippen LogP contribution in [0.3, 0.4) is 0 Å². The zero-order valence-electron chi connectivity index (χ0n) is 12.8. The smallest absolute Gasteiger partial charge is 0.306 e. The number of hydrogen-bond donors (Lipinski definition) is 1. The Morgan fingerprint density at radius 2 is 2.10 bits per heavy atom. The molecule has 1 heterocycles. The van der Waals surface area contributed by atoms with E-state index in [-0.39, 0.29) is 11.4 Å². The van der Waals surface area contributed by atoms with E-state index in [1.165, 1.54) is 7.11 Å². The Morgan fingerprint density at radius 3 is 2.65 bits per heavy atom. The number of carbonyl (C=O) groups excluding carboxylic acids is 1. The Hall–Kier alpha value is -1.30. The summed E-state index contributed by atoms with van der Waals surface area (Å²) in [5.74, 6) is 2.08. The van der Waals surface area contributed by atoms with E-state index in [2.05, 4.69) is 40.8 Å². The van der Waals surface area contributed by atoms with Crippen molar-refractivity contribution in [1.82, 2.24) is 9.97 Å². The fourth-order valence-electron chi connectivity index (χ4n) is 1.45. The number of ether oxygens (including phenoxy) is 1. The summed E-state index contributed by atoms with van der Waals surface area (Å²) in [6.07, 6.45) is 0.382. The van der Waals surface area contributed by atoms with Crippen molar-refractivity contribution in [3.8, 4) is 0 Å². The van der Waals surface area contributed by atoms with E-state index in [9.17, 15) is 4.79 Å². The third-order valence-corrected chi connectivity index (χ3v) is 3.43. The number of aromatic nitrogens is 2. The molecule has 0 bridgehead atoms. The number of thioether (sulfide) groups is 1. The van der Waals surface area contributed by atoms with Crippen molar-refractivity contribution in [2.24, 2.45) is 0 Å². The molecule has 1 rings (SSSR count). The minimum atomic E-state index is -0.200. The highest BCUT2D eigenvalue weighted by molar-refractivity contribution is 7.99. The van der Waals surface area contributed by atoms with Gasteiger partial charge in [-0.3, -0.25) is 4.79 Å². The first-order valence-electron chi connectivity index (χ1n) is 6.70. The topological polar surface area (TPSA) is 64.1 Å². The summed E-state index contributed by atoms with van der Waals surface area (Å²) in [7, 11) is 1.40. The van der Waals surface area contributed by atoms with Crippen molar-refractivity contribution in [2.75, 3.05) is 24.7 Å². The van der Waals surface area contributed by atoms with Gasteiger partial charge in [-0.1, -0.05) is 20.8 Å². The molecule has 0 fully saturated rings. The summed E-state index contributed by atoms with van der Waals surface area (Å²) in [5.41, 5.74) is -0.108. The fourth-order valence-corrected chi connectivity index (χ4v) is 2.27. The molecule has 1 aromatic rings. The van der Waals surface area contributed by atoms with Crippen molar-refractivity contribution in [3.63, 3.8) is 0 Å². The predicted molar refractivity (Wildman–Crippen MR) is 82.3 cm³/mol. The van der Waals surface area contributed by atoms with Crippen LogP contribution < -0.4 is 5.32 Å². The van der Waals surface area contributed by atoms with Crippen molar-refractivity contribution in [1.29, 1.82) is 0 Å². The van der Waals surface area contributed by atoms with E-state index in [0.29, 0.717) is 12.2 Å². The lowest BCUT2D eigenvalue weighted by Crippen LogP contribution is -2.17. The normalized spacial score (nSPS) is 11.2. The van der Waals surface area contributed by atoms with Crippen LogP contribution in [-0.2, 0) is 14.9 Å². The molecule has 0 unspecified atom stereocenters. The maximum absolute atomic E-state index is 11.1. The quantitative estimate of drug-likeness (QED) is 0.495. The van der Waals surface area contributed by atoms with Gasteiger partial charge in [0, 0.05) is 23.8 Å². The first-order valence-corrected chi connectivity index (χ1v) is 7.68. The van der Waals surface area contributed by atoms with E-state index in [0.717, 1.165) is 23.2 Å². The number of hydrogen-bond acceptors (Lipinski definition) is 6. The van der Waals surface area contributed by atoms with Crippen LogP contribution >= 0.6 is 11.8 Å². The lowest BCUT2D eigenvalue weighted by molar-refractivity contribution is -0.140. The molecule has 1 N–H and O–H groups in total. The van der Waals surface area contributed by atoms with Crippen LogP contribution in [0.4, 0.5) is 5.82 Å². The molecule has 6 heteroatoms. The van der Waals surface area contributed by atoms with Gasteiger partial charge in [-0.2, -0.15) is 0 Å². The summed E-state index contributed by atoms with van der Waals surface area (Å²) >= 11 is 1.54. The van der Waals surface area contributed by atoms with Crippen LogP contribution in [0.5, 0.6) is 0 Å². The lowest BCUT2D eigenvalue weighted by atomic mass is 9.96. The molecule has 1 aromatic heterocycles. The zero-order chi connectivity index (χ0) is 15.2. The van der Waals surface area contributed by atoms with E-state index < -0.39 is 0 Å². The SMILES string of the molecule is CCNc1cc(SCCC(=O)OC)nc(C(C)(C)C)n1. The average Bonchev–Trinajstić information content (AvgIpc) is 2.37. The van der Waals surface area contributed by atoms with Crippen LogP contribution in [0, 0.1) is 0 Å². The molecule has 0 radical (unpaired) electrons. The molecule has 0 atom stereocenters. The van der Waals surface area contributed by atoms with Crippen LogP contribution in [-0.4, -0.2) is 35.3 Å². The maximum atomic E-state index is 11.1. The molecule has 20 heavy (non-hydrogen) atoms. The first kappa shape index (κ1) is 16.8. The number of anilines is 1. The van der Waals surface area contributed by atoms with Crippen LogP contribution in [0.2, 0.25) is 0 Å². The Kier molecular flexibility index (Phi) is 6.26. The number of nitrogens with one attached hydrogen (secondary N) is 1. The van der Waals surface area contributed by atoms with Gasteiger partial charge in [-0.15, -0.1) is 11.8 Å². The maximum Gasteiger partial charge on any atom is 0.306 e. The van der Waals surface area contributed by atoms with Gasteiger partial charge in [0.1, 0.15) is 16.7 Å². The second kappa shape index (κ2) is 7.47. The highest BCUT2D eigenvalue weighted by Gasteiger charge is 2.19. The highest BCUT2D eigenvalue weighted by atomic mass is 32.2. The third-order valence-electron chi connectivity index (χ3n) is 2.52. The van der Waals surface area contributed by atoms with Gasteiger partial charge in [0.05, 0.1) is 13.5 Å². The summed E-state index contributed by atoms with van der Waals surface area (Å²) in [6.45, 7) is 9.10. The standard InChI is InChI=1S/C14H23N3O2S/c1-6-15-10-9-11(20-8-7-12(18)19-5)17-13(16-10)14(2,3)4/h9H,6-8H2,1-5H3,(H,15,16,17).